The van der Waals surface area contributed by atoms with Crippen LogP contribution in [-0.4, -0.2) is 31.5 Å². The van der Waals surface area contributed by atoms with Crippen molar-refractivity contribution in [2.24, 2.45) is 0 Å². The molecule has 2 aromatic rings. The van der Waals surface area contributed by atoms with Gasteiger partial charge in [-0.15, -0.1) is 0 Å². The molecule has 0 aliphatic carbocycles. The van der Waals surface area contributed by atoms with Crippen molar-refractivity contribution in [2.75, 3.05) is 7.11 Å². The van der Waals surface area contributed by atoms with Gasteiger partial charge in [-0.2, -0.15) is 0 Å². The summed E-state index contributed by atoms with van der Waals surface area (Å²) in [4.78, 5) is 18.9. The van der Waals surface area contributed by atoms with Gasteiger partial charge in [-0.25, -0.2) is 0 Å². The maximum atomic E-state index is 11.8. The molecule has 0 saturated heterocycles. The van der Waals surface area contributed by atoms with E-state index in [2.05, 4.69) is 27.0 Å². The van der Waals surface area contributed by atoms with Crippen molar-refractivity contribution in [2.45, 2.75) is 14.8 Å². The Labute approximate surface area is 112 Å². The van der Waals surface area contributed by atoms with Gasteiger partial charge in [0.15, 0.2) is 0 Å². The SMILES string of the molecule is COC(=O)c1cc[c]([Sn]([CH3])([CH3])[CH3])c2ccccc12. The van der Waals surface area contributed by atoms with E-state index in [1.54, 1.807) is 0 Å². The fraction of sp³-hybridized carbons (Fsp3) is 0.267. The Morgan fingerprint density at radius 3 is 2.17 bits per heavy atom. The molecule has 0 aromatic heterocycles. The van der Waals surface area contributed by atoms with E-state index >= 15 is 0 Å². The molecule has 3 heteroatoms. The summed E-state index contributed by atoms with van der Waals surface area (Å²) in [7, 11) is 1.42. The fourth-order valence-corrected chi connectivity index (χ4v) is 6.83. The first-order valence-electron chi connectivity index (χ1n) is 6.05. The van der Waals surface area contributed by atoms with E-state index < -0.39 is 18.4 Å². The quantitative estimate of drug-likeness (QED) is 0.615. The van der Waals surface area contributed by atoms with Gasteiger partial charge in [0, 0.05) is 0 Å². The van der Waals surface area contributed by atoms with E-state index in [9.17, 15) is 4.79 Å². The van der Waals surface area contributed by atoms with Gasteiger partial charge in [-0.05, 0) is 0 Å². The number of esters is 1. The van der Waals surface area contributed by atoms with Crippen LogP contribution in [-0.2, 0) is 4.74 Å². The summed E-state index contributed by atoms with van der Waals surface area (Å²) < 4.78 is 6.30. The number of hydrogen-bond donors (Lipinski definition) is 0. The van der Waals surface area contributed by atoms with Crippen LogP contribution in [0.4, 0.5) is 0 Å². The van der Waals surface area contributed by atoms with Crippen LogP contribution in [0, 0.1) is 0 Å². The molecular weight excluding hydrogens is 331 g/mol. The van der Waals surface area contributed by atoms with Crippen LogP contribution < -0.4 is 3.58 Å². The van der Waals surface area contributed by atoms with Crippen molar-refractivity contribution in [3.63, 3.8) is 0 Å². The minimum absolute atomic E-state index is 0.262. The van der Waals surface area contributed by atoms with E-state index in [0.29, 0.717) is 5.56 Å². The first-order valence-corrected chi connectivity index (χ1v) is 16.0. The average Bonchev–Trinajstić information content (AvgIpc) is 2.35. The summed E-state index contributed by atoms with van der Waals surface area (Å²) in [6.45, 7) is 0. The first-order chi connectivity index (χ1) is 8.45. The molecule has 94 valence electrons. The van der Waals surface area contributed by atoms with Crippen molar-refractivity contribution in [3.05, 3.63) is 42.0 Å². The van der Waals surface area contributed by atoms with Crippen LogP contribution in [0.2, 0.25) is 14.8 Å². The Hall–Kier alpha value is -1.03. The summed E-state index contributed by atoms with van der Waals surface area (Å²) in [6, 6.07) is 12.1. The predicted molar refractivity (Wildman–Crippen MR) is 78.3 cm³/mol. The Kier molecular flexibility index (Phi) is 3.66. The standard InChI is InChI=1S/C12H9O2.3CH3.Sn/c1-14-12(13)11-8-4-6-9-5-2-3-7-10(9)11;;;;/h2-5,7-8H,1H3;3*1H3;. The van der Waals surface area contributed by atoms with Crippen molar-refractivity contribution >= 4 is 38.7 Å². The molecule has 0 spiro atoms. The van der Waals surface area contributed by atoms with Crippen molar-refractivity contribution < 1.29 is 9.53 Å². The number of benzene rings is 2. The molecule has 0 atom stereocenters. The van der Waals surface area contributed by atoms with Gasteiger partial charge in [0.1, 0.15) is 0 Å². The average molecular weight is 349 g/mol. The van der Waals surface area contributed by atoms with Gasteiger partial charge in [0.25, 0.3) is 0 Å². The molecule has 0 unspecified atom stereocenters. The molecule has 2 rings (SSSR count). The van der Waals surface area contributed by atoms with Crippen LogP contribution in [0.3, 0.4) is 0 Å². The molecule has 0 radical (unpaired) electrons. The monoisotopic (exact) mass is 350 g/mol. The number of fused-ring (bicyclic) bond motifs is 1. The molecule has 0 aliphatic rings. The molecule has 18 heavy (non-hydrogen) atoms. The van der Waals surface area contributed by atoms with Crippen LogP contribution in [0.25, 0.3) is 10.8 Å². The Morgan fingerprint density at radius 1 is 1.00 bits per heavy atom. The van der Waals surface area contributed by atoms with E-state index in [1.807, 2.05) is 24.3 Å². The van der Waals surface area contributed by atoms with Crippen LogP contribution in [0.5, 0.6) is 0 Å². The second-order valence-corrected chi connectivity index (χ2v) is 19.8. The van der Waals surface area contributed by atoms with Crippen LogP contribution in [0.1, 0.15) is 10.4 Å². The summed E-state index contributed by atoms with van der Waals surface area (Å²) in [5.74, 6) is -0.262. The third kappa shape index (κ3) is 2.39. The molecule has 0 fully saturated rings. The summed E-state index contributed by atoms with van der Waals surface area (Å²) in [6.07, 6.45) is 0. The van der Waals surface area contributed by atoms with E-state index in [0.717, 1.165) is 5.39 Å². The van der Waals surface area contributed by atoms with Gasteiger partial charge in [-0.3, -0.25) is 0 Å². The summed E-state index contributed by atoms with van der Waals surface area (Å²) >= 11 is -2.17. The third-order valence-electron chi connectivity index (χ3n) is 3.14. The van der Waals surface area contributed by atoms with E-state index in [4.69, 9.17) is 4.74 Å². The zero-order valence-corrected chi connectivity index (χ0v) is 14.1. The Bertz CT molecular complexity index is 597. The molecule has 0 bridgehead atoms. The van der Waals surface area contributed by atoms with Gasteiger partial charge in [0.05, 0.1) is 0 Å². The van der Waals surface area contributed by atoms with Gasteiger partial charge in [0.2, 0.25) is 0 Å². The third-order valence-corrected chi connectivity index (χ3v) is 8.99. The number of ether oxygens (including phenoxy) is 1. The second kappa shape index (κ2) is 4.92. The van der Waals surface area contributed by atoms with Crippen LogP contribution >= 0.6 is 0 Å². The molecule has 0 aliphatic heterocycles. The topological polar surface area (TPSA) is 26.3 Å². The Balaban J connectivity index is 2.78. The van der Waals surface area contributed by atoms with Crippen LogP contribution in [0.15, 0.2) is 36.4 Å². The van der Waals surface area contributed by atoms with Crippen molar-refractivity contribution in [3.8, 4) is 0 Å². The minimum atomic E-state index is -2.17. The Morgan fingerprint density at radius 2 is 1.61 bits per heavy atom. The van der Waals surface area contributed by atoms with Gasteiger partial charge >= 0.3 is 112 Å². The zero-order valence-electron chi connectivity index (χ0n) is 11.3. The van der Waals surface area contributed by atoms with Gasteiger partial charge in [-0.1, -0.05) is 0 Å². The predicted octanol–water partition coefficient (Wildman–Crippen LogP) is 3.17. The summed E-state index contributed by atoms with van der Waals surface area (Å²) in [5.41, 5.74) is 0.660. The van der Waals surface area contributed by atoms with Crippen molar-refractivity contribution in [1.29, 1.82) is 0 Å². The molecule has 0 amide bonds. The van der Waals surface area contributed by atoms with Crippen molar-refractivity contribution in [1.82, 2.24) is 0 Å². The normalized spacial score (nSPS) is 11.6. The molecule has 0 heterocycles. The number of carbonyl (C=O) groups excluding carboxylic acids is 1. The number of methoxy groups -OCH3 is 1. The van der Waals surface area contributed by atoms with E-state index in [1.165, 1.54) is 16.1 Å². The molecule has 0 N–H and O–H groups in total. The zero-order chi connectivity index (χ0) is 13.3. The molecule has 2 aromatic carbocycles. The van der Waals surface area contributed by atoms with Gasteiger partial charge < -0.3 is 0 Å². The van der Waals surface area contributed by atoms with E-state index in [-0.39, 0.29) is 5.97 Å². The fourth-order valence-electron chi connectivity index (χ4n) is 2.24. The molecule has 2 nitrogen and oxygen atoms in total. The molecule has 0 saturated carbocycles. The molecular formula is C15H18O2Sn. The summed E-state index contributed by atoms with van der Waals surface area (Å²) in [5, 5.41) is 2.22. The number of carbonyl (C=O) groups is 1. The maximum absolute atomic E-state index is 11.8. The number of rotatable bonds is 2. The first kappa shape index (κ1) is 13.4. The number of hydrogen-bond acceptors (Lipinski definition) is 2. The second-order valence-electron chi connectivity index (χ2n) is 5.45.